The van der Waals surface area contributed by atoms with Gasteiger partial charge in [0, 0.05) is 29.3 Å². The third-order valence-electron chi connectivity index (χ3n) is 3.50. The SMILES string of the molecule is Cc1ccc(CCCC(=O)N2CCO[C@H](CC(=O)O)C2)s1. The minimum absolute atomic E-state index is 0.0434. The zero-order valence-electron chi connectivity index (χ0n) is 12.2. The molecule has 2 heterocycles. The normalized spacial score (nSPS) is 18.7. The molecule has 0 radical (unpaired) electrons. The fourth-order valence-corrected chi connectivity index (χ4v) is 3.39. The molecule has 1 aromatic heterocycles. The maximum atomic E-state index is 12.2. The number of carboxylic acid groups (broad SMARTS) is 1. The standard InChI is InChI=1S/C15H21NO4S/c1-11-5-6-13(21-11)3-2-4-14(17)16-7-8-20-12(10-16)9-15(18)19/h5-6,12H,2-4,7-10H2,1H3,(H,18,19)/t12-/m1/s1. The lowest BCUT2D eigenvalue weighted by Gasteiger charge is -2.32. The molecule has 1 N–H and O–H groups in total. The van der Waals surface area contributed by atoms with Crippen molar-refractivity contribution in [2.45, 2.75) is 38.7 Å². The molecule has 1 fully saturated rings. The first-order valence-corrected chi connectivity index (χ1v) is 8.02. The number of carbonyl (C=O) groups excluding carboxylic acids is 1. The van der Waals surface area contributed by atoms with Gasteiger partial charge in [-0.2, -0.15) is 0 Å². The predicted molar refractivity (Wildman–Crippen MR) is 80.6 cm³/mol. The summed E-state index contributed by atoms with van der Waals surface area (Å²) in [5.41, 5.74) is 0. The van der Waals surface area contributed by atoms with Gasteiger partial charge in [-0.05, 0) is 31.9 Å². The average Bonchev–Trinajstić information content (AvgIpc) is 2.84. The van der Waals surface area contributed by atoms with Crippen molar-refractivity contribution in [3.05, 3.63) is 21.9 Å². The van der Waals surface area contributed by atoms with Gasteiger partial charge >= 0.3 is 5.97 Å². The van der Waals surface area contributed by atoms with Gasteiger partial charge in [0.2, 0.25) is 5.91 Å². The van der Waals surface area contributed by atoms with E-state index < -0.39 is 5.97 Å². The maximum Gasteiger partial charge on any atom is 0.306 e. The molecule has 1 saturated heterocycles. The smallest absolute Gasteiger partial charge is 0.306 e. The summed E-state index contributed by atoms with van der Waals surface area (Å²) in [6.07, 6.45) is 1.85. The van der Waals surface area contributed by atoms with E-state index in [4.69, 9.17) is 9.84 Å². The highest BCUT2D eigenvalue weighted by molar-refractivity contribution is 7.11. The van der Waals surface area contributed by atoms with Gasteiger partial charge in [-0.15, -0.1) is 11.3 Å². The van der Waals surface area contributed by atoms with Crippen molar-refractivity contribution >= 4 is 23.2 Å². The maximum absolute atomic E-state index is 12.2. The number of thiophene rings is 1. The first-order valence-electron chi connectivity index (χ1n) is 7.21. The van der Waals surface area contributed by atoms with E-state index in [0.717, 1.165) is 12.8 Å². The van der Waals surface area contributed by atoms with Crippen LogP contribution in [0.25, 0.3) is 0 Å². The van der Waals surface area contributed by atoms with E-state index in [1.54, 1.807) is 16.2 Å². The van der Waals surface area contributed by atoms with E-state index in [0.29, 0.717) is 26.1 Å². The van der Waals surface area contributed by atoms with Gasteiger partial charge in [-0.25, -0.2) is 0 Å². The van der Waals surface area contributed by atoms with Crippen LogP contribution in [0.3, 0.4) is 0 Å². The number of nitrogens with zero attached hydrogens (tertiary/aromatic N) is 1. The largest absolute Gasteiger partial charge is 0.481 e. The van der Waals surface area contributed by atoms with Crippen LogP contribution in [0.4, 0.5) is 0 Å². The van der Waals surface area contributed by atoms with E-state index in [9.17, 15) is 9.59 Å². The van der Waals surface area contributed by atoms with Crippen LogP contribution in [0.5, 0.6) is 0 Å². The summed E-state index contributed by atoms with van der Waals surface area (Å²) in [6.45, 7) is 3.46. The number of carboxylic acids is 1. The Labute approximate surface area is 128 Å². The molecule has 0 unspecified atom stereocenters. The second kappa shape index (κ2) is 7.56. The van der Waals surface area contributed by atoms with Gasteiger partial charge in [0.05, 0.1) is 19.1 Å². The Morgan fingerprint density at radius 3 is 2.95 bits per heavy atom. The fourth-order valence-electron chi connectivity index (χ4n) is 2.46. The second-order valence-electron chi connectivity index (χ2n) is 5.30. The molecule has 1 amide bonds. The first-order chi connectivity index (χ1) is 10.0. The van der Waals surface area contributed by atoms with E-state index in [1.807, 2.05) is 0 Å². The summed E-state index contributed by atoms with van der Waals surface area (Å²) >= 11 is 1.77. The van der Waals surface area contributed by atoms with Crippen LogP contribution in [0.1, 0.15) is 29.0 Å². The molecule has 0 bridgehead atoms. The van der Waals surface area contributed by atoms with Gasteiger partial charge < -0.3 is 14.7 Å². The van der Waals surface area contributed by atoms with Gasteiger partial charge in [0.15, 0.2) is 0 Å². The number of aliphatic carboxylic acids is 1. The lowest BCUT2D eigenvalue weighted by molar-refractivity contribution is -0.147. The third-order valence-corrected chi connectivity index (χ3v) is 4.56. The average molecular weight is 311 g/mol. The van der Waals surface area contributed by atoms with Crippen molar-refractivity contribution in [1.29, 1.82) is 0 Å². The number of rotatable bonds is 6. The van der Waals surface area contributed by atoms with Crippen molar-refractivity contribution in [3.8, 4) is 0 Å². The number of amides is 1. The lowest BCUT2D eigenvalue weighted by Crippen LogP contribution is -2.46. The van der Waals surface area contributed by atoms with E-state index in [2.05, 4.69) is 19.1 Å². The van der Waals surface area contributed by atoms with Crippen molar-refractivity contribution in [2.75, 3.05) is 19.7 Å². The summed E-state index contributed by atoms with van der Waals surface area (Å²) in [6, 6.07) is 4.21. The van der Waals surface area contributed by atoms with Crippen LogP contribution < -0.4 is 0 Å². The molecule has 0 aromatic carbocycles. The van der Waals surface area contributed by atoms with E-state index >= 15 is 0 Å². The molecule has 1 aliphatic rings. The van der Waals surface area contributed by atoms with Crippen molar-refractivity contribution in [3.63, 3.8) is 0 Å². The van der Waals surface area contributed by atoms with Gasteiger partial charge in [-0.1, -0.05) is 0 Å². The molecule has 0 spiro atoms. The molecule has 2 rings (SSSR count). The molecule has 0 saturated carbocycles. The van der Waals surface area contributed by atoms with Gasteiger partial charge in [-0.3, -0.25) is 9.59 Å². The zero-order valence-corrected chi connectivity index (χ0v) is 13.0. The van der Waals surface area contributed by atoms with Gasteiger partial charge in [0.1, 0.15) is 0 Å². The summed E-state index contributed by atoms with van der Waals surface area (Å²) in [5, 5.41) is 8.78. The monoisotopic (exact) mass is 311 g/mol. The molecular formula is C15H21NO4S. The highest BCUT2D eigenvalue weighted by Gasteiger charge is 2.25. The van der Waals surface area contributed by atoms with Crippen molar-refractivity contribution in [1.82, 2.24) is 4.90 Å². The van der Waals surface area contributed by atoms with Crippen molar-refractivity contribution < 1.29 is 19.4 Å². The number of hydrogen-bond acceptors (Lipinski definition) is 4. The number of aryl methyl sites for hydroxylation is 2. The molecular weight excluding hydrogens is 290 g/mol. The summed E-state index contributed by atoms with van der Waals surface area (Å²) < 4.78 is 5.37. The van der Waals surface area contributed by atoms with Crippen LogP contribution in [0.15, 0.2) is 12.1 Å². The summed E-state index contributed by atoms with van der Waals surface area (Å²) in [7, 11) is 0. The highest BCUT2D eigenvalue weighted by atomic mass is 32.1. The van der Waals surface area contributed by atoms with Crippen LogP contribution >= 0.6 is 11.3 Å². The number of hydrogen-bond donors (Lipinski definition) is 1. The zero-order chi connectivity index (χ0) is 15.2. The number of ether oxygens (including phenoxy) is 1. The molecule has 21 heavy (non-hydrogen) atoms. The lowest BCUT2D eigenvalue weighted by atomic mass is 10.1. The molecule has 6 heteroatoms. The minimum Gasteiger partial charge on any atom is -0.481 e. The quantitative estimate of drug-likeness (QED) is 0.873. The van der Waals surface area contributed by atoms with Crippen LogP contribution in [-0.2, 0) is 20.7 Å². The van der Waals surface area contributed by atoms with Crippen molar-refractivity contribution in [2.24, 2.45) is 0 Å². The van der Waals surface area contributed by atoms with Crippen LogP contribution in [0.2, 0.25) is 0 Å². The second-order valence-corrected chi connectivity index (χ2v) is 6.67. The Balaban J connectivity index is 1.73. The predicted octanol–water partition coefficient (Wildman–Crippen LogP) is 2.08. The molecule has 0 aliphatic carbocycles. The Kier molecular flexibility index (Phi) is 5.76. The van der Waals surface area contributed by atoms with Crippen LogP contribution in [-0.4, -0.2) is 47.7 Å². The number of morpholine rings is 1. The molecule has 5 nitrogen and oxygen atoms in total. The van der Waals surface area contributed by atoms with E-state index in [-0.39, 0.29) is 18.4 Å². The Hall–Kier alpha value is -1.40. The van der Waals surface area contributed by atoms with E-state index in [1.165, 1.54) is 9.75 Å². The molecule has 116 valence electrons. The summed E-state index contributed by atoms with van der Waals surface area (Å²) in [4.78, 5) is 27.2. The summed E-state index contributed by atoms with van der Waals surface area (Å²) in [5.74, 6) is -0.788. The molecule has 1 atom stereocenters. The van der Waals surface area contributed by atoms with Gasteiger partial charge in [0.25, 0.3) is 0 Å². The number of carbonyl (C=O) groups is 2. The Bertz CT molecular complexity index is 500. The fraction of sp³-hybridized carbons (Fsp3) is 0.600. The molecule has 1 aliphatic heterocycles. The first kappa shape index (κ1) is 16.0. The topological polar surface area (TPSA) is 66.8 Å². The highest BCUT2D eigenvalue weighted by Crippen LogP contribution is 2.18. The minimum atomic E-state index is -0.887. The Morgan fingerprint density at radius 1 is 1.48 bits per heavy atom. The van der Waals surface area contributed by atoms with Crippen LogP contribution in [0, 0.1) is 6.92 Å². The third kappa shape index (κ3) is 5.13. The molecule has 1 aromatic rings. The Morgan fingerprint density at radius 2 is 2.29 bits per heavy atom.